The molecule has 9 aromatic rings. The molecule has 97 heavy (non-hydrogen) atoms. The monoisotopic (exact) mass is 1340 g/mol. The fourth-order valence-electron chi connectivity index (χ4n) is 12.8. The highest BCUT2D eigenvalue weighted by Gasteiger charge is 2.54. The Hall–Kier alpha value is -8.50. The summed E-state index contributed by atoms with van der Waals surface area (Å²) in [5.41, 5.74) is 4.12. The molecule has 0 bridgehead atoms. The minimum Gasteiger partial charge on any atom is -0.395 e. The van der Waals surface area contributed by atoms with E-state index < -0.39 is 58.1 Å². The summed E-state index contributed by atoms with van der Waals surface area (Å²) in [6.07, 6.45) is -7.59. The number of alkyl halides is 4. The van der Waals surface area contributed by atoms with E-state index in [4.69, 9.17) is 14.2 Å². The number of hydrogen-bond acceptors (Lipinski definition) is 12. The first-order valence-electron chi connectivity index (χ1n) is 31.7. The number of carbonyl (C=O) groups is 2. The molecule has 4 aliphatic rings. The first-order chi connectivity index (χ1) is 45.3. The predicted molar refractivity (Wildman–Crippen MR) is 355 cm³/mol. The molecule has 2 atom stereocenters. The molecule has 4 heterocycles. The smallest absolute Gasteiger partial charge is 0.395 e. The SMILES string of the molecule is C.C.CC(C)(CO)c1cc2cc(CC(=O)C3(c4ccc5c(c4)OC(F)(F)O5)CC3)c(F)cc2n1C[C@@H](O)COCc1ccccc1.CC(C)(COCc1ccccc1)c1cc2cc(CC(=O)C3(c4ccc5c(c4)OC(F)(F)O5)CC3)c(F)cc2n1C[C@@H](O)COCc1ccccc1. The van der Waals surface area contributed by atoms with Crippen molar-refractivity contribution < 1.29 is 84.4 Å². The summed E-state index contributed by atoms with van der Waals surface area (Å²) in [6.45, 7) is 9.49. The van der Waals surface area contributed by atoms with Crippen LogP contribution in [0.1, 0.15) is 119 Å². The average molecular weight is 1340 g/mol. The second-order valence-electron chi connectivity index (χ2n) is 26.5. The second kappa shape index (κ2) is 28.5. The first-order valence-corrected chi connectivity index (χ1v) is 31.7. The summed E-state index contributed by atoms with van der Waals surface area (Å²) in [4.78, 5) is 27.3. The van der Waals surface area contributed by atoms with Gasteiger partial charge >= 0.3 is 12.6 Å². The van der Waals surface area contributed by atoms with Crippen LogP contribution in [0.2, 0.25) is 0 Å². The topological polar surface area (TPSA) is 169 Å². The zero-order chi connectivity index (χ0) is 67.1. The van der Waals surface area contributed by atoms with Crippen molar-refractivity contribution in [2.24, 2.45) is 0 Å². The summed E-state index contributed by atoms with van der Waals surface area (Å²) in [7, 11) is 0. The maximum Gasteiger partial charge on any atom is 0.586 e. The largest absolute Gasteiger partial charge is 0.586 e. The van der Waals surface area contributed by atoms with Crippen molar-refractivity contribution in [2.75, 3.05) is 26.4 Å². The number of hydrogen-bond donors (Lipinski definition) is 3. The molecular formula is C77H82F6N2O12. The van der Waals surface area contributed by atoms with Gasteiger partial charge in [0.25, 0.3) is 0 Å². The van der Waals surface area contributed by atoms with Gasteiger partial charge in [-0.15, -0.1) is 17.6 Å². The normalized spacial score (nSPS) is 16.4. The Balaban J connectivity index is 0.000000208. The van der Waals surface area contributed by atoms with Crippen molar-refractivity contribution in [3.63, 3.8) is 0 Å². The Kier molecular flexibility index (Phi) is 21.0. The van der Waals surface area contributed by atoms with Gasteiger partial charge in [-0.3, -0.25) is 9.59 Å². The second-order valence-corrected chi connectivity index (χ2v) is 26.5. The molecule has 514 valence electrons. The van der Waals surface area contributed by atoms with Gasteiger partial charge in [-0.1, -0.05) is 146 Å². The standard InChI is InChI=1S/C41H40F3NO6.C34H34F3NO6.2CH4/c1-39(2,26-49-24-28-11-7-4-8-12-28)37-18-30-17-29(19-38(47)40(15-16-40)31-13-14-35-36(20-31)51-41(43,44)50-35)33(42)21-34(30)45(37)22-32(46)25-48-23-27-9-5-3-6-10-27;1-32(2,20-39)30-13-23-12-22(14-31(41)33(10-11-33)24-8-9-28-29(15-24)44-34(36,37)43-28)26(35)16-27(23)38(30)17-25(40)19-42-18-21-6-4-3-5-7-21;;/h3-14,17-18,20-21,32,46H,15-16,19,22-26H2,1-2H3;3-9,12-13,15-16,25,39-40H,10-11,14,17-20H2,1-2H3;2*1H4/t32-;25-;;/m11../s1. The molecule has 0 unspecified atom stereocenters. The zero-order valence-corrected chi connectivity index (χ0v) is 53.0. The molecule has 2 aromatic heterocycles. The number of Topliss-reactive ketones (excluding diaryl/α,β-unsaturated/α-hetero) is 2. The van der Waals surface area contributed by atoms with Crippen LogP contribution < -0.4 is 18.9 Å². The lowest BCUT2D eigenvalue weighted by Crippen LogP contribution is -2.30. The van der Waals surface area contributed by atoms with Crippen LogP contribution in [-0.4, -0.2) is 87.2 Å². The maximum atomic E-state index is 16.0. The number of benzene rings is 7. The quantitative estimate of drug-likeness (QED) is 0.0417. The number of rotatable bonds is 27. The van der Waals surface area contributed by atoms with Crippen LogP contribution >= 0.6 is 0 Å². The number of halogens is 6. The summed E-state index contributed by atoms with van der Waals surface area (Å²) >= 11 is 0. The van der Waals surface area contributed by atoms with Crippen LogP contribution in [0.5, 0.6) is 23.0 Å². The minimum absolute atomic E-state index is 0. The molecule has 7 aromatic carbocycles. The molecule has 0 amide bonds. The van der Waals surface area contributed by atoms with E-state index in [0.717, 1.165) is 27.8 Å². The Bertz CT molecular complexity index is 4260. The van der Waals surface area contributed by atoms with Gasteiger partial charge in [0, 0.05) is 45.8 Å². The number of aromatic nitrogens is 2. The summed E-state index contributed by atoms with van der Waals surface area (Å²) in [5, 5.41) is 33.5. The summed E-state index contributed by atoms with van der Waals surface area (Å²) in [6, 6.07) is 47.8. The van der Waals surface area contributed by atoms with Gasteiger partial charge in [0.2, 0.25) is 0 Å². The number of aliphatic hydroxyl groups is 3. The molecule has 0 saturated heterocycles. The Labute approximate surface area is 560 Å². The highest BCUT2D eigenvalue weighted by Crippen LogP contribution is 2.54. The van der Waals surface area contributed by atoms with Gasteiger partial charge in [0.1, 0.15) is 23.2 Å². The van der Waals surface area contributed by atoms with E-state index in [1.54, 1.807) is 28.8 Å². The molecular weight excluding hydrogens is 1260 g/mol. The molecule has 14 nitrogen and oxygen atoms in total. The van der Waals surface area contributed by atoms with Crippen molar-refractivity contribution in [3.8, 4) is 23.0 Å². The van der Waals surface area contributed by atoms with Crippen molar-refractivity contribution >= 4 is 33.4 Å². The van der Waals surface area contributed by atoms with Crippen LogP contribution in [0.15, 0.2) is 164 Å². The van der Waals surface area contributed by atoms with Crippen molar-refractivity contribution in [2.45, 2.75) is 160 Å². The lowest BCUT2D eigenvalue weighted by Gasteiger charge is -2.28. The highest BCUT2D eigenvalue weighted by molar-refractivity contribution is 5.97. The molecule has 3 N–H and O–H groups in total. The van der Waals surface area contributed by atoms with E-state index in [2.05, 4.69) is 18.9 Å². The van der Waals surface area contributed by atoms with Crippen LogP contribution in [0, 0.1) is 11.6 Å². The molecule has 0 spiro atoms. The average Bonchev–Trinajstić information content (AvgIpc) is 1.60. The molecule has 2 aliphatic heterocycles. The van der Waals surface area contributed by atoms with Crippen LogP contribution in [-0.2, 0) is 91.2 Å². The Morgan fingerprint density at radius 1 is 0.495 bits per heavy atom. The third-order valence-electron chi connectivity index (χ3n) is 18.3. The third kappa shape index (κ3) is 15.8. The number of nitrogens with zero attached hydrogens (tertiary/aromatic N) is 2. The first kappa shape index (κ1) is 71.3. The molecule has 0 radical (unpaired) electrons. The van der Waals surface area contributed by atoms with E-state index in [1.807, 2.05) is 135 Å². The number of ether oxygens (including phenoxy) is 7. The predicted octanol–water partition coefficient (Wildman–Crippen LogP) is 15.1. The van der Waals surface area contributed by atoms with E-state index in [-0.39, 0.29) is 106 Å². The van der Waals surface area contributed by atoms with E-state index in [0.29, 0.717) is 85.4 Å². The minimum atomic E-state index is -3.76. The number of ketones is 2. The molecule has 20 heteroatoms. The highest BCUT2D eigenvalue weighted by atomic mass is 19.3. The van der Waals surface area contributed by atoms with Gasteiger partial charge in [-0.05, 0) is 125 Å². The molecule has 2 saturated carbocycles. The van der Waals surface area contributed by atoms with E-state index >= 15 is 8.78 Å². The van der Waals surface area contributed by atoms with Gasteiger partial charge in [-0.25, -0.2) is 8.78 Å². The molecule has 2 fully saturated rings. The lowest BCUT2D eigenvalue weighted by atomic mass is 9.87. The van der Waals surface area contributed by atoms with Gasteiger partial charge in [0.15, 0.2) is 23.0 Å². The van der Waals surface area contributed by atoms with E-state index in [1.165, 1.54) is 36.4 Å². The van der Waals surface area contributed by atoms with Gasteiger partial charge in [0.05, 0.1) is 93.4 Å². The fourth-order valence-corrected chi connectivity index (χ4v) is 12.8. The zero-order valence-electron chi connectivity index (χ0n) is 53.0. The molecule has 13 rings (SSSR count). The lowest BCUT2D eigenvalue weighted by molar-refractivity contribution is -0.287. The van der Waals surface area contributed by atoms with Crippen molar-refractivity contribution in [1.82, 2.24) is 9.13 Å². The van der Waals surface area contributed by atoms with Crippen LogP contribution in [0.3, 0.4) is 0 Å². The van der Waals surface area contributed by atoms with Crippen molar-refractivity contribution in [3.05, 3.63) is 226 Å². The fraction of sp³-hybridized carbons (Fsp3) is 0.377. The Morgan fingerprint density at radius 2 is 0.856 bits per heavy atom. The van der Waals surface area contributed by atoms with Crippen LogP contribution in [0.4, 0.5) is 26.3 Å². The number of carbonyl (C=O) groups excluding carboxylic acids is 2. The van der Waals surface area contributed by atoms with Crippen molar-refractivity contribution in [1.29, 1.82) is 0 Å². The van der Waals surface area contributed by atoms with Gasteiger partial charge in [-0.2, -0.15) is 0 Å². The summed E-state index contributed by atoms with van der Waals surface area (Å²) in [5.74, 6) is -1.99. The summed E-state index contributed by atoms with van der Waals surface area (Å²) < 4.78 is 125. The van der Waals surface area contributed by atoms with E-state index in [9.17, 15) is 42.5 Å². The number of fused-ring (bicyclic) bond motifs is 4. The maximum absolute atomic E-state index is 16.0. The Morgan fingerprint density at radius 3 is 1.23 bits per heavy atom. The molecule has 2 aliphatic carbocycles. The van der Waals surface area contributed by atoms with Gasteiger partial charge < -0.3 is 57.6 Å². The number of aliphatic hydroxyl groups excluding tert-OH is 3. The third-order valence-corrected chi connectivity index (χ3v) is 18.3. The van der Waals surface area contributed by atoms with Crippen LogP contribution in [0.25, 0.3) is 21.8 Å².